The molecule has 258 valence electrons. The van der Waals surface area contributed by atoms with Gasteiger partial charge in [0.15, 0.2) is 0 Å². The molecule has 2 heterocycles. The fourth-order valence-corrected chi connectivity index (χ4v) is 6.04. The van der Waals surface area contributed by atoms with E-state index in [2.05, 4.69) is 15.4 Å². The molecule has 1 saturated heterocycles. The first-order chi connectivity index (χ1) is 22.4. The third kappa shape index (κ3) is 10.7. The van der Waals surface area contributed by atoms with E-state index >= 15 is 0 Å². The number of fused-ring (bicyclic) bond motifs is 1. The van der Waals surface area contributed by atoms with Crippen molar-refractivity contribution in [1.82, 2.24) is 15.5 Å². The molecule has 2 N–H and O–H groups in total. The topological polar surface area (TPSA) is 125 Å². The SMILES string of the molecule is COC(=O)NCCOC(c1cccc(Cl)c1)c1cc2c(c(C(=O)NC[C@H](C[C@H]3CCCOC3)N(C)C(=O)OC(C)(C)C)c1)CCCO2. The maximum absolute atomic E-state index is 14.0. The Morgan fingerprint density at radius 2 is 1.89 bits per heavy atom. The normalized spacial score (nSPS) is 17.4. The Hall–Kier alpha value is -3.54. The molecule has 12 heteroatoms. The average molecular weight is 674 g/mol. The molecule has 0 spiro atoms. The highest BCUT2D eigenvalue weighted by atomic mass is 35.5. The van der Waals surface area contributed by atoms with Crippen LogP contribution >= 0.6 is 11.6 Å². The van der Waals surface area contributed by atoms with Gasteiger partial charge in [0.1, 0.15) is 17.5 Å². The quantitative estimate of drug-likeness (QED) is 0.267. The molecular formula is C35H48ClN3O8. The number of carbonyl (C=O) groups excluding carboxylic acids is 3. The number of methoxy groups -OCH3 is 1. The van der Waals surface area contributed by atoms with Crippen molar-refractivity contribution in [3.8, 4) is 5.75 Å². The van der Waals surface area contributed by atoms with Gasteiger partial charge in [0, 0.05) is 49.5 Å². The number of likely N-dealkylation sites (N-methyl/N-ethyl adjacent to an activating group) is 1. The summed E-state index contributed by atoms with van der Waals surface area (Å²) >= 11 is 6.36. The van der Waals surface area contributed by atoms with Crippen molar-refractivity contribution in [2.24, 2.45) is 5.92 Å². The molecule has 47 heavy (non-hydrogen) atoms. The van der Waals surface area contributed by atoms with Crippen LogP contribution in [0.1, 0.15) is 79.6 Å². The Morgan fingerprint density at radius 3 is 2.60 bits per heavy atom. The van der Waals surface area contributed by atoms with Gasteiger partial charge in [-0.05, 0) is 94.2 Å². The number of ether oxygens (including phenoxy) is 5. The number of rotatable bonds is 12. The number of carbonyl (C=O) groups is 3. The number of nitrogens with one attached hydrogen (secondary N) is 2. The van der Waals surface area contributed by atoms with Gasteiger partial charge in [-0.3, -0.25) is 4.79 Å². The number of hydrogen-bond acceptors (Lipinski definition) is 8. The summed E-state index contributed by atoms with van der Waals surface area (Å²) in [5.74, 6) is 0.626. The zero-order valence-electron chi connectivity index (χ0n) is 28.1. The second-order valence-electron chi connectivity index (χ2n) is 13.0. The first-order valence-corrected chi connectivity index (χ1v) is 16.6. The van der Waals surface area contributed by atoms with Crippen LogP contribution in [0.3, 0.4) is 0 Å². The van der Waals surface area contributed by atoms with E-state index in [0.717, 1.165) is 37.0 Å². The molecule has 3 amide bonds. The number of benzene rings is 2. The molecular weight excluding hydrogens is 626 g/mol. The standard InChI is InChI=1S/C35H48ClN3O8/c1-35(2,3)47-34(42)39(4)27(17-23-9-7-14-44-22-23)21-38-32(40)29-19-25(20-30-28(29)12-8-15-45-30)31(24-10-6-11-26(36)18-24)46-16-13-37-33(41)43-5/h6,10-11,18-20,23,27,31H,7-9,12-17,21-22H2,1-5H3,(H,37,41)(H,38,40)/t23-,27+,31?/m1/s1. The van der Waals surface area contributed by atoms with E-state index in [1.54, 1.807) is 18.0 Å². The first-order valence-electron chi connectivity index (χ1n) is 16.3. The highest BCUT2D eigenvalue weighted by Crippen LogP contribution is 2.36. The zero-order valence-corrected chi connectivity index (χ0v) is 28.8. The zero-order chi connectivity index (χ0) is 34.0. The average Bonchev–Trinajstić information content (AvgIpc) is 3.05. The molecule has 2 aliphatic rings. The first kappa shape index (κ1) is 36.3. The predicted molar refractivity (Wildman–Crippen MR) is 178 cm³/mol. The Bertz CT molecular complexity index is 1380. The van der Waals surface area contributed by atoms with E-state index < -0.39 is 23.9 Å². The van der Waals surface area contributed by atoms with Gasteiger partial charge in [0.25, 0.3) is 5.91 Å². The lowest BCUT2D eigenvalue weighted by molar-refractivity contribution is 0.0112. The largest absolute Gasteiger partial charge is 0.493 e. The number of halogens is 1. The lowest BCUT2D eigenvalue weighted by Gasteiger charge is -2.34. The highest BCUT2D eigenvalue weighted by Gasteiger charge is 2.30. The Labute approximate surface area is 282 Å². The minimum absolute atomic E-state index is 0.176. The van der Waals surface area contributed by atoms with Crippen LogP contribution in [-0.4, -0.2) is 88.3 Å². The van der Waals surface area contributed by atoms with Crippen molar-refractivity contribution < 1.29 is 38.1 Å². The van der Waals surface area contributed by atoms with E-state index in [1.807, 2.05) is 51.1 Å². The van der Waals surface area contributed by atoms with E-state index in [0.29, 0.717) is 48.0 Å². The molecule has 0 aromatic heterocycles. The molecule has 4 rings (SSSR count). The van der Waals surface area contributed by atoms with Crippen LogP contribution in [-0.2, 0) is 25.4 Å². The van der Waals surface area contributed by atoms with E-state index in [4.69, 9.17) is 30.5 Å². The van der Waals surface area contributed by atoms with Crippen LogP contribution in [0.25, 0.3) is 0 Å². The summed E-state index contributed by atoms with van der Waals surface area (Å²) in [5, 5.41) is 6.28. The second kappa shape index (κ2) is 17.0. The van der Waals surface area contributed by atoms with Gasteiger partial charge < -0.3 is 39.2 Å². The molecule has 2 aliphatic heterocycles. The summed E-state index contributed by atoms with van der Waals surface area (Å²) < 4.78 is 28.4. The van der Waals surface area contributed by atoms with Crippen LogP contribution in [0.15, 0.2) is 36.4 Å². The highest BCUT2D eigenvalue weighted by molar-refractivity contribution is 6.30. The minimum atomic E-state index is -0.649. The van der Waals surface area contributed by atoms with E-state index in [1.165, 1.54) is 7.11 Å². The molecule has 2 aromatic carbocycles. The van der Waals surface area contributed by atoms with Gasteiger partial charge in [-0.25, -0.2) is 9.59 Å². The monoisotopic (exact) mass is 673 g/mol. The third-order valence-corrected chi connectivity index (χ3v) is 8.42. The van der Waals surface area contributed by atoms with Crippen molar-refractivity contribution in [2.75, 3.05) is 53.7 Å². The van der Waals surface area contributed by atoms with Gasteiger partial charge >= 0.3 is 12.2 Å². The minimum Gasteiger partial charge on any atom is -0.493 e. The van der Waals surface area contributed by atoms with Gasteiger partial charge in [-0.2, -0.15) is 0 Å². The summed E-state index contributed by atoms with van der Waals surface area (Å²) in [6.45, 7) is 8.03. The fourth-order valence-electron chi connectivity index (χ4n) is 5.84. The smallest absolute Gasteiger partial charge is 0.410 e. The summed E-state index contributed by atoms with van der Waals surface area (Å²) in [6.07, 6.45) is 2.50. The number of hydrogen-bond donors (Lipinski definition) is 2. The van der Waals surface area contributed by atoms with Crippen LogP contribution in [0.4, 0.5) is 9.59 Å². The molecule has 1 unspecified atom stereocenters. The van der Waals surface area contributed by atoms with Crippen LogP contribution in [0.2, 0.25) is 5.02 Å². The van der Waals surface area contributed by atoms with Crippen LogP contribution in [0, 0.1) is 5.92 Å². The molecule has 11 nitrogen and oxygen atoms in total. The lowest BCUT2D eigenvalue weighted by Crippen LogP contribution is -2.48. The third-order valence-electron chi connectivity index (χ3n) is 8.19. The molecule has 0 bridgehead atoms. The van der Waals surface area contributed by atoms with E-state index in [9.17, 15) is 14.4 Å². The molecule has 2 aromatic rings. The van der Waals surface area contributed by atoms with Gasteiger partial charge in [0.05, 0.1) is 26.4 Å². The summed E-state index contributed by atoms with van der Waals surface area (Å²) in [7, 11) is 3.01. The molecule has 0 saturated carbocycles. The van der Waals surface area contributed by atoms with Gasteiger partial charge in [0.2, 0.25) is 0 Å². The van der Waals surface area contributed by atoms with Crippen LogP contribution < -0.4 is 15.4 Å². The maximum Gasteiger partial charge on any atom is 0.410 e. The van der Waals surface area contributed by atoms with Gasteiger partial charge in [-0.15, -0.1) is 0 Å². The summed E-state index contributed by atoms with van der Waals surface area (Å²) in [4.78, 5) is 40.3. The number of nitrogens with zero attached hydrogens (tertiary/aromatic N) is 1. The molecule has 3 atom stereocenters. The fraction of sp³-hybridized carbons (Fsp3) is 0.571. The lowest BCUT2D eigenvalue weighted by atomic mass is 9.92. The number of amides is 3. The number of alkyl carbamates (subject to hydrolysis) is 1. The van der Waals surface area contributed by atoms with Crippen molar-refractivity contribution in [1.29, 1.82) is 0 Å². The Balaban J connectivity index is 1.60. The van der Waals surface area contributed by atoms with Crippen molar-refractivity contribution in [3.63, 3.8) is 0 Å². The van der Waals surface area contributed by atoms with E-state index in [-0.39, 0.29) is 37.6 Å². The molecule has 0 aliphatic carbocycles. The van der Waals surface area contributed by atoms with Crippen molar-refractivity contribution in [3.05, 3.63) is 63.7 Å². The Kier molecular flexibility index (Phi) is 13.2. The summed E-state index contributed by atoms with van der Waals surface area (Å²) in [6, 6.07) is 10.8. The van der Waals surface area contributed by atoms with Crippen molar-refractivity contribution >= 4 is 29.7 Å². The Morgan fingerprint density at radius 1 is 1.09 bits per heavy atom. The maximum atomic E-state index is 14.0. The predicted octanol–water partition coefficient (Wildman–Crippen LogP) is 5.91. The second-order valence-corrected chi connectivity index (χ2v) is 13.4. The van der Waals surface area contributed by atoms with Crippen molar-refractivity contribution in [2.45, 2.75) is 70.6 Å². The molecule has 1 fully saturated rings. The summed E-state index contributed by atoms with van der Waals surface area (Å²) in [5.41, 5.74) is 2.15. The van der Waals surface area contributed by atoms with Crippen LogP contribution in [0.5, 0.6) is 5.75 Å². The molecule has 0 radical (unpaired) electrons. The van der Waals surface area contributed by atoms with Gasteiger partial charge in [-0.1, -0.05) is 23.7 Å².